The molecule has 28 heavy (non-hydrogen) atoms. The van der Waals surface area contributed by atoms with E-state index in [9.17, 15) is 4.79 Å². The lowest BCUT2D eigenvalue weighted by Gasteiger charge is -2.11. The number of pyridine rings is 1. The van der Waals surface area contributed by atoms with Crippen molar-refractivity contribution in [1.82, 2.24) is 4.98 Å². The molecule has 0 fully saturated rings. The van der Waals surface area contributed by atoms with Crippen molar-refractivity contribution in [2.75, 3.05) is 11.9 Å². The average molecular weight is 376 g/mol. The molecule has 1 heterocycles. The van der Waals surface area contributed by atoms with Gasteiger partial charge in [-0.05, 0) is 47.9 Å². The number of anilines is 1. The van der Waals surface area contributed by atoms with E-state index in [1.807, 2.05) is 60.7 Å². The number of nitrogens with zero attached hydrogens (tertiary/aromatic N) is 1. The Bertz CT molecular complexity index is 893. The molecule has 144 valence electrons. The predicted octanol–water partition coefficient (Wildman–Crippen LogP) is 4.80. The molecule has 0 spiro atoms. The zero-order valence-corrected chi connectivity index (χ0v) is 16.1. The highest BCUT2D eigenvalue weighted by Gasteiger charge is 2.06. The number of hydrogen-bond acceptors (Lipinski definition) is 4. The molecule has 0 aliphatic rings. The fraction of sp³-hybridized carbons (Fsp3) is 0.217. The Labute approximate surface area is 165 Å². The quantitative estimate of drug-likeness (QED) is 0.613. The molecule has 5 heteroatoms. The molecule has 0 unspecified atom stereocenters. The Morgan fingerprint density at radius 2 is 1.79 bits per heavy atom. The Morgan fingerprint density at radius 1 is 0.964 bits per heavy atom. The fourth-order valence-electron chi connectivity index (χ4n) is 2.60. The van der Waals surface area contributed by atoms with Crippen LogP contribution in [0.25, 0.3) is 0 Å². The van der Waals surface area contributed by atoms with Crippen molar-refractivity contribution in [3.8, 4) is 11.5 Å². The van der Waals surface area contributed by atoms with E-state index < -0.39 is 0 Å². The number of amides is 1. The van der Waals surface area contributed by atoms with Gasteiger partial charge in [-0.15, -0.1) is 0 Å². The second-order valence-corrected chi connectivity index (χ2v) is 6.70. The summed E-state index contributed by atoms with van der Waals surface area (Å²) in [7, 11) is 0. The summed E-state index contributed by atoms with van der Waals surface area (Å²) in [6.07, 6.45) is 1.73. The summed E-state index contributed by atoms with van der Waals surface area (Å²) < 4.78 is 11.3. The van der Waals surface area contributed by atoms with E-state index in [4.69, 9.17) is 9.47 Å². The lowest BCUT2D eigenvalue weighted by atomic mass is 10.0. The van der Waals surface area contributed by atoms with Crippen molar-refractivity contribution in [2.24, 2.45) is 0 Å². The van der Waals surface area contributed by atoms with Gasteiger partial charge < -0.3 is 14.8 Å². The molecule has 0 atom stereocenters. The molecule has 0 bridgehead atoms. The number of nitrogens with one attached hydrogen (secondary N) is 1. The maximum absolute atomic E-state index is 12.2. The minimum absolute atomic E-state index is 0.0555. The molecule has 5 nitrogen and oxygen atoms in total. The Morgan fingerprint density at radius 3 is 2.50 bits per heavy atom. The standard InChI is InChI=1S/C23H24N2O3/c1-17(2)18-9-11-21(12-10-18)28-16-23(26)25-19-7-5-8-22(14-19)27-15-20-6-3-4-13-24-20/h3-14,17H,15-16H2,1-2H3,(H,25,26). The summed E-state index contributed by atoms with van der Waals surface area (Å²) >= 11 is 0. The summed E-state index contributed by atoms with van der Waals surface area (Å²) in [5, 5.41) is 2.82. The maximum atomic E-state index is 12.2. The highest BCUT2D eigenvalue weighted by molar-refractivity contribution is 5.92. The molecule has 0 saturated carbocycles. The van der Waals surface area contributed by atoms with Gasteiger partial charge in [-0.3, -0.25) is 9.78 Å². The van der Waals surface area contributed by atoms with Crippen LogP contribution in [-0.4, -0.2) is 17.5 Å². The van der Waals surface area contributed by atoms with E-state index in [-0.39, 0.29) is 12.5 Å². The van der Waals surface area contributed by atoms with Gasteiger partial charge in [0, 0.05) is 18.0 Å². The maximum Gasteiger partial charge on any atom is 0.262 e. The summed E-state index contributed by atoms with van der Waals surface area (Å²) in [4.78, 5) is 16.4. The first-order valence-electron chi connectivity index (χ1n) is 9.25. The second-order valence-electron chi connectivity index (χ2n) is 6.70. The average Bonchev–Trinajstić information content (AvgIpc) is 2.72. The van der Waals surface area contributed by atoms with Crippen molar-refractivity contribution in [3.63, 3.8) is 0 Å². The van der Waals surface area contributed by atoms with E-state index in [0.29, 0.717) is 29.7 Å². The van der Waals surface area contributed by atoms with E-state index in [1.165, 1.54) is 5.56 Å². The summed E-state index contributed by atoms with van der Waals surface area (Å²) in [6, 6.07) is 20.7. The molecule has 0 radical (unpaired) electrons. The van der Waals surface area contributed by atoms with Gasteiger partial charge in [0.25, 0.3) is 5.91 Å². The number of ether oxygens (including phenoxy) is 2. The first kappa shape index (κ1) is 19.4. The van der Waals surface area contributed by atoms with Crippen molar-refractivity contribution in [2.45, 2.75) is 26.4 Å². The first-order chi connectivity index (χ1) is 13.6. The van der Waals surface area contributed by atoms with E-state index in [2.05, 4.69) is 24.1 Å². The van der Waals surface area contributed by atoms with E-state index in [0.717, 1.165) is 5.69 Å². The van der Waals surface area contributed by atoms with Crippen molar-refractivity contribution in [3.05, 3.63) is 84.2 Å². The third-order valence-corrected chi connectivity index (χ3v) is 4.15. The van der Waals surface area contributed by atoms with Crippen LogP contribution in [0.4, 0.5) is 5.69 Å². The van der Waals surface area contributed by atoms with Gasteiger partial charge >= 0.3 is 0 Å². The predicted molar refractivity (Wildman–Crippen MR) is 110 cm³/mol. The van der Waals surface area contributed by atoms with Crippen LogP contribution < -0.4 is 14.8 Å². The second kappa shape index (κ2) is 9.55. The number of aromatic nitrogens is 1. The lowest BCUT2D eigenvalue weighted by Crippen LogP contribution is -2.20. The Kier molecular flexibility index (Phi) is 6.63. The van der Waals surface area contributed by atoms with Crippen molar-refractivity contribution < 1.29 is 14.3 Å². The highest BCUT2D eigenvalue weighted by Crippen LogP contribution is 2.20. The zero-order chi connectivity index (χ0) is 19.8. The Balaban J connectivity index is 1.49. The third-order valence-electron chi connectivity index (χ3n) is 4.15. The van der Waals surface area contributed by atoms with Crippen molar-refractivity contribution in [1.29, 1.82) is 0 Å². The van der Waals surface area contributed by atoms with Crippen LogP contribution in [0.5, 0.6) is 11.5 Å². The van der Waals surface area contributed by atoms with Gasteiger partial charge in [-0.2, -0.15) is 0 Å². The molecule has 3 aromatic rings. The largest absolute Gasteiger partial charge is 0.487 e. The summed E-state index contributed by atoms with van der Waals surface area (Å²) in [6.45, 7) is 4.59. The number of hydrogen-bond donors (Lipinski definition) is 1. The van der Waals surface area contributed by atoms with Gasteiger partial charge in [-0.25, -0.2) is 0 Å². The molecular formula is C23H24N2O3. The molecule has 1 N–H and O–H groups in total. The molecule has 0 saturated heterocycles. The van der Waals surface area contributed by atoms with Crippen LogP contribution in [0.2, 0.25) is 0 Å². The molecule has 0 aliphatic heterocycles. The van der Waals surface area contributed by atoms with Crippen LogP contribution in [0.1, 0.15) is 31.0 Å². The van der Waals surface area contributed by atoms with Gasteiger partial charge in [0.15, 0.2) is 6.61 Å². The van der Waals surface area contributed by atoms with Crippen LogP contribution in [0, 0.1) is 0 Å². The van der Waals surface area contributed by atoms with Crippen LogP contribution in [0.15, 0.2) is 72.9 Å². The van der Waals surface area contributed by atoms with E-state index in [1.54, 1.807) is 12.3 Å². The fourth-order valence-corrected chi connectivity index (χ4v) is 2.60. The topological polar surface area (TPSA) is 60.5 Å². The third kappa shape index (κ3) is 5.84. The lowest BCUT2D eigenvalue weighted by molar-refractivity contribution is -0.118. The monoisotopic (exact) mass is 376 g/mol. The molecule has 1 amide bonds. The minimum Gasteiger partial charge on any atom is -0.487 e. The Hall–Kier alpha value is -3.34. The van der Waals surface area contributed by atoms with Crippen LogP contribution in [0.3, 0.4) is 0 Å². The molecular weight excluding hydrogens is 352 g/mol. The highest BCUT2D eigenvalue weighted by atomic mass is 16.5. The van der Waals surface area contributed by atoms with Crippen LogP contribution >= 0.6 is 0 Å². The normalized spacial score (nSPS) is 10.5. The number of rotatable bonds is 8. The SMILES string of the molecule is CC(C)c1ccc(OCC(=O)Nc2cccc(OCc3ccccn3)c2)cc1. The first-order valence-corrected chi connectivity index (χ1v) is 9.25. The molecule has 2 aromatic carbocycles. The molecule has 1 aromatic heterocycles. The van der Waals surface area contributed by atoms with Gasteiger partial charge in [0.1, 0.15) is 18.1 Å². The van der Waals surface area contributed by atoms with E-state index >= 15 is 0 Å². The summed E-state index contributed by atoms with van der Waals surface area (Å²) in [5.74, 6) is 1.57. The molecule has 0 aliphatic carbocycles. The number of benzene rings is 2. The summed E-state index contributed by atoms with van der Waals surface area (Å²) in [5.41, 5.74) is 2.73. The van der Waals surface area contributed by atoms with Gasteiger partial charge in [0.2, 0.25) is 0 Å². The van der Waals surface area contributed by atoms with Gasteiger partial charge in [-0.1, -0.05) is 38.1 Å². The number of carbonyl (C=O) groups is 1. The molecule has 3 rings (SSSR count). The minimum atomic E-state index is -0.227. The zero-order valence-electron chi connectivity index (χ0n) is 16.1. The smallest absolute Gasteiger partial charge is 0.262 e. The number of carbonyl (C=O) groups excluding carboxylic acids is 1. The van der Waals surface area contributed by atoms with Gasteiger partial charge in [0.05, 0.1) is 5.69 Å². The van der Waals surface area contributed by atoms with Crippen molar-refractivity contribution >= 4 is 11.6 Å². The van der Waals surface area contributed by atoms with Crippen LogP contribution in [-0.2, 0) is 11.4 Å².